The van der Waals surface area contributed by atoms with E-state index in [9.17, 15) is 14.7 Å². The van der Waals surface area contributed by atoms with E-state index in [2.05, 4.69) is 25.7 Å². The first-order chi connectivity index (χ1) is 17.4. The molecule has 1 aliphatic heterocycles. The number of likely N-dealkylation sites (tertiary alicyclic amines) is 1. The lowest BCUT2D eigenvalue weighted by Crippen LogP contribution is -2.38. The Bertz CT molecular complexity index is 1040. The summed E-state index contributed by atoms with van der Waals surface area (Å²) in [5, 5.41) is 11.3. The molecule has 2 aromatic rings. The van der Waals surface area contributed by atoms with E-state index >= 15 is 0 Å². The zero-order valence-corrected chi connectivity index (χ0v) is 21.8. The van der Waals surface area contributed by atoms with Gasteiger partial charge in [0.2, 0.25) is 0 Å². The van der Waals surface area contributed by atoms with E-state index in [1.165, 1.54) is 0 Å². The maximum atomic E-state index is 13.2. The average molecular weight is 495 g/mol. The molecule has 1 amide bonds. The molecule has 0 spiro atoms. The van der Waals surface area contributed by atoms with Crippen LogP contribution < -0.4 is 9.47 Å². The number of carbonyl (C=O) groups is 2. The Labute approximate surface area is 214 Å². The van der Waals surface area contributed by atoms with Crippen LogP contribution in [-0.2, 0) is 9.59 Å². The van der Waals surface area contributed by atoms with Crippen molar-refractivity contribution in [2.45, 2.75) is 46.1 Å². The van der Waals surface area contributed by atoms with Crippen molar-refractivity contribution in [3.63, 3.8) is 0 Å². The fourth-order valence-corrected chi connectivity index (χ4v) is 4.44. The average Bonchev–Trinajstić information content (AvgIpc) is 3.16. The van der Waals surface area contributed by atoms with Gasteiger partial charge in [-0.25, -0.2) is 0 Å². The van der Waals surface area contributed by atoms with Crippen molar-refractivity contribution in [3.05, 3.63) is 65.2 Å². The third-order valence-electron chi connectivity index (χ3n) is 6.67. The Morgan fingerprint density at radius 1 is 0.944 bits per heavy atom. The molecule has 1 aliphatic rings. The van der Waals surface area contributed by atoms with E-state index in [0.29, 0.717) is 36.8 Å². The number of amides is 1. The second-order valence-electron chi connectivity index (χ2n) is 8.87. The Morgan fingerprint density at radius 3 is 2.17 bits per heavy atom. The number of unbranched alkanes of at least 4 members (excludes halogenated alkanes) is 2. The van der Waals surface area contributed by atoms with Gasteiger partial charge in [-0.15, -0.1) is 0 Å². The maximum Gasteiger partial charge on any atom is 0.295 e. The predicted octanol–water partition coefficient (Wildman–Crippen LogP) is 5.03. The number of benzene rings is 2. The number of ether oxygens (including phenoxy) is 2. The molecule has 1 saturated heterocycles. The summed E-state index contributed by atoms with van der Waals surface area (Å²) in [7, 11) is 1.59. The highest BCUT2D eigenvalue weighted by Crippen LogP contribution is 2.39. The number of hydrogen-bond acceptors (Lipinski definition) is 6. The molecule has 2 aromatic carbocycles. The number of methoxy groups -OCH3 is 1. The number of likely N-dealkylation sites (N-methyl/N-ethyl adjacent to an activating group) is 1. The number of aliphatic hydroxyl groups excluding tert-OH is 1. The molecule has 7 heteroatoms. The normalized spacial score (nSPS) is 17.1. The van der Waals surface area contributed by atoms with Gasteiger partial charge in [0, 0.05) is 18.7 Å². The van der Waals surface area contributed by atoms with Crippen LogP contribution in [0.3, 0.4) is 0 Å². The summed E-state index contributed by atoms with van der Waals surface area (Å²) in [4.78, 5) is 30.1. The fraction of sp³-hybridized carbons (Fsp3) is 0.448. The lowest BCUT2D eigenvalue weighted by Gasteiger charge is -2.28. The number of nitrogens with zero attached hydrogens (tertiary/aromatic N) is 2. The van der Waals surface area contributed by atoms with E-state index in [4.69, 9.17) is 9.47 Å². The van der Waals surface area contributed by atoms with Crippen molar-refractivity contribution in [2.24, 2.45) is 0 Å². The van der Waals surface area contributed by atoms with Gasteiger partial charge in [-0.3, -0.25) is 9.59 Å². The third kappa shape index (κ3) is 6.26. The van der Waals surface area contributed by atoms with Gasteiger partial charge in [-0.05, 0) is 61.5 Å². The predicted molar refractivity (Wildman–Crippen MR) is 141 cm³/mol. The van der Waals surface area contributed by atoms with E-state index in [-0.39, 0.29) is 11.3 Å². The molecular formula is C29H38N2O5. The highest BCUT2D eigenvalue weighted by Gasteiger charge is 2.45. The Kier molecular flexibility index (Phi) is 9.94. The zero-order valence-electron chi connectivity index (χ0n) is 21.8. The minimum atomic E-state index is -0.684. The molecule has 3 rings (SSSR count). The first kappa shape index (κ1) is 27.3. The van der Waals surface area contributed by atoms with E-state index < -0.39 is 17.7 Å². The van der Waals surface area contributed by atoms with Gasteiger partial charge < -0.3 is 24.4 Å². The van der Waals surface area contributed by atoms with Crippen LogP contribution in [0.2, 0.25) is 0 Å². The van der Waals surface area contributed by atoms with Crippen molar-refractivity contribution in [1.82, 2.24) is 9.80 Å². The van der Waals surface area contributed by atoms with Crippen molar-refractivity contribution in [2.75, 3.05) is 39.9 Å². The Balaban J connectivity index is 1.95. The minimum absolute atomic E-state index is 0.0985. The molecule has 36 heavy (non-hydrogen) atoms. The number of rotatable bonds is 13. The first-order valence-corrected chi connectivity index (χ1v) is 12.8. The topological polar surface area (TPSA) is 79.3 Å². The summed E-state index contributed by atoms with van der Waals surface area (Å²) in [5.74, 6) is -0.0763. The molecule has 1 atom stereocenters. The van der Waals surface area contributed by atoms with Crippen LogP contribution in [0.15, 0.2) is 54.1 Å². The van der Waals surface area contributed by atoms with Crippen molar-refractivity contribution < 1.29 is 24.2 Å². The maximum absolute atomic E-state index is 13.2. The fourth-order valence-electron chi connectivity index (χ4n) is 4.44. The number of carbonyl (C=O) groups excluding carboxylic acids is 2. The number of Topliss-reactive ketones (excluding diaryl/α,β-unsaturated/α-hetero) is 1. The summed E-state index contributed by atoms with van der Waals surface area (Å²) in [6, 6.07) is 13.6. The summed E-state index contributed by atoms with van der Waals surface area (Å²) in [6.45, 7) is 9.62. The van der Waals surface area contributed by atoms with Crippen molar-refractivity contribution in [3.8, 4) is 11.5 Å². The molecular weight excluding hydrogens is 456 g/mol. The lowest BCUT2D eigenvalue weighted by molar-refractivity contribution is -0.140. The molecule has 0 saturated carbocycles. The molecule has 0 bridgehead atoms. The van der Waals surface area contributed by atoms with Crippen LogP contribution >= 0.6 is 0 Å². The van der Waals surface area contributed by atoms with Crippen LogP contribution in [-0.4, -0.2) is 66.5 Å². The Morgan fingerprint density at radius 2 is 1.58 bits per heavy atom. The summed E-state index contributed by atoms with van der Waals surface area (Å²) in [6.07, 6.45) is 3.22. The van der Waals surface area contributed by atoms with Gasteiger partial charge in [-0.1, -0.05) is 45.7 Å². The van der Waals surface area contributed by atoms with Gasteiger partial charge in [0.15, 0.2) is 0 Å². The summed E-state index contributed by atoms with van der Waals surface area (Å²) < 4.78 is 11.0. The van der Waals surface area contributed by atoms with Gasteiger partial charge in [0.1, 0.15) is 17.3 Å². The smallest absolute Gasteiger partial charge is 0.295 e. The van der Waals surface area contributed by atoms with Gasteiger partial charge in [0.05, 0.1) is 25.3 Å². The molecule has 1 N–H and O–H groups in total. The summed E-state index contributed by atoms with van der Waals surface area (Å²) in [5.41, 5.74) is 1.31. The molecule has 1 unspecified atom stereocenters. The first-order valence-electron chi connectivity index (χ1n) is 12.8. The van der Waals surface area contributed by atoms with E-state index in [1.54, 1.807) is 48.4 Å². The van der Waals surface area contributed by atoms with E-state index in [1.807, 2.05) is 12.1 Å². The van der Waals surface area contributed by atoms with Gasteiger partial charge >= 0.3 is 0 Å². The van der Waals surface area contributed by atoms with Crippen LogP contribution in [0, 0.1) is 0 Å². The second-order valence-corrected chi connectivity index (χ2v) is 8.87. The van der Waals surface area contributed by atoms with Crippen LogP contribution in [0.25, 0.3) is 5.76 Å². The zero-order chi connectivity index (χ0) is 26.1. The SMILES string of the molecule is CCCCCOc1ccc(/C(O)=C2/C(=O)C(=O)N(CCN(CC)CC)C2c2ccc(OC)cc2)cc1. The largest absolute Gasteiger partial charge is 0.507 e. The molecule has 0 radical (unpaired) electrons. The second kappa shape index (κ2) is 13.1. The molecule has 0 aromatic heterocycles. The van der Waals surface area contributed by atoms with Crippen LogP contribution in [0.5, 0.6) is 11.5 Å². The highest BCUT2D eigenvalue weighted by molar-refractivity contribution is 6.46. The van der Waals surface area contributed by atoms with Crippen LogP contribution in [0.1, 0.15) is 57.2 Å². The number of aliphatic hydroxyl groups is 1. The van der Waals surface area contributed by atoms with Gasteiger partial charge in [0.25, 0.3) is 11.7 Å². The molecule has 7 nitrogen and oxygen atoms in total. The van der Waals surface area contributed by atoms with E-state index in [0.717, 1.165) is 37.9 Å². The minimum Gasteiger partial charge on any atom is -0.507 e. The highest BCUT2D eigenvalue weighted by atomic mass is 16.5. The number of hydrogen-bond donors (Lipinski definition) is 1. The molecule has 194 valence electrons. The number of ketones is 1. The monoisotopic (exact) mass is 494 g/mol. The third-order valence-corrected chi connectivity index (χ3v) is 6.67. The summed E-state index contributed by atoms with van der Waals surface area (Å²) >= 11 is 0. The molecule has 0 aliphatic carbocycles. The standard InChI is InChI=1S/C29H38N2O5/c1-5-8-9-20-36-24-16-12-22(13-17-24)27(32)25-26(21-10-14-23(35-4)15-11-21)31(29(34)28(25)33)19-18-30(6-2)7-3/h10-17,26,32H,5-9,18-20H2,1-4H3/b27-25-. The van der Waals surface area contributed by atoms with Gasteiger partial charge in [-0.2, -0.15) is 0 Å². The lowest BCUT2D eigenvalue weighted by atomic mass is 9.95. The van der Waals surface area contributed by atoms with Crippen LogP contribution in [0.4, 0.5) is 0 Å². The van der Waals surface area contributed by atoms with Crippen molar-refractivity contribution in [1.29, 1.82) is 0 Å². The molecule has 1 fully saturated rings. The quantitative estimate of drug-likeness (QED) is 0.182. The Hall–Kier alpha value is -3.32. The van der Waals surface area contributed by atoms with Crippen molar-refractivity contribution >= 4 is 17.4 Å². The molecule has 1 heterocycles.